The second kappa shape index (κ2) is 11.0. The highest BCUT2D eigenvalue weighted by Gasteiger charge is 2.37. The third kappa shape index (κ3) is 6.70. The maximum absolute atomic E-state index is 12.1. The first kappa shape index (κ1) is 23.7. The van der Waals surface area contributed by atoms with Gasteiger partial charge in [0.15, 0.2) is 0 Å². The first-order chi connectivity index (χ1) is 13.7. The molecule has 0 aromatic rings. The van der Waals surface area contributed by atoms with Gasteiger partial charge in [-0.2, -0.15) is 0 Å². The lowest BCUT2D eigenvalue weighted by Crippen LogP contribution is -2.57. The van der Waals surface area contributed by atoms with Crippen LogP contribution in [0.15, 0.2) is 0 Å². The number of ether oxygens (including phenoxy) is 6. The Bertz CT molecular complexity index is 502. The van der Waals surface area contributed by atoms with Gasteiger partial charge in [-0.25, -0.2) is 9.59 Å². The third-order valence-electron chi connectivity index (χ3n) is 5.39. The summed E-state index contributed by atoms with van der Waals surface area (Å²) in [6.45, 7) is 7.10. The van der Waals surface area contributed by atoms with E-state index in [4.69, 9.17) is 28.4 Å². The van der Waals surface area contributed by atoms with Gasteiger partial charge in [0, 0.05) is 27.1 Å². The lowest BCUT2D eigenvalue weighted by molar-refractivity contribution is -0.115. The minimum Gasteiger partial charge on any atom is -0.412 e. The van der Waals surface area contributed by atoms with Crippen LogP contribution in [0.25, 0.3) is 0 Å². The quantitative estimate of drug-likeness (QED) is 0.625. The Morgan fingerprint density at radius 2 is 1.17 bits per heavy atom. The topological polar surface area (TPSA) is 114 Å². The molecule has 0 aromatic heterocycles. The van der Waals surface area contributed by atoms with Crippen LogP contribution in [0, 0.1) is 0 Å². The molecule has 2 rings (SSSR count). The summed E-state index contributed by atoms with van der Waals surface area (Å²) in [4.78, 5) is 24.1. The van der Waals surface area contributed by atoms with Crippen LogP contribution < -0.4 is 10.6 Å². The Labute approximate surface area is 171 Å². The molecule has 0 radical (unpaired) electrons. The number of hydrogen-bond donors (Lipinski definition) is 2. The van der Waals surface area contributed by atoms with Gasteiger partial charge in [0.05, 0.1) is 48.7 Å². The van der Waals surface area contributed by atoms with Crippen LogP contribution in [0.5, 0.6) is 0 Å². The fraction of sp³-hybridized carbons (Fsp3) is 0.895. The molecule has 0 unspecified atom stereocenters. The molecule has 0 aromatic carbocycles. The van der Waals surface area contributed by atoms with E-state index in [1.165, 1.54) is 0 Å². The summed E-state index contributed by atoms with van der Waals surface area (Å²) in [6.07, 6.45) is -0.874. The van der Waals surface area contributed by atoms with Crippen molar-refractivity contribution in [2.24, 2.45) is 0 Å². The zero-order valence-corrected chi connectivity index (χ0v) is 18.0. The molecule has 0 aliphatic carbocycles. The minimum absolute atomic E-state index is 0.0427. The Kier molecular flexibility index (Phi) is 8.94. The number of hydrogen-bond acceptors (Lipinski definition) is 8. The predicted octanol–water partition coefficient (Wildman–Crippen LogP) is 1.56. The first-order valence-corrected chi connectivity index (χ1v) is 9.98. The molecule has 0 spiro atoms. The molecule has 2 heterocycles. The molecule has 2 fully saturated rings. The molecule has 2 aliphatic heterocycles. The second-order valence-electron chi connectivity index (χ2n) is 7.65. The van der Waals surface area contributed by atoms with Crippen LogP contribution in [-0.4, -0.2) is 81.9 Å². The normalized spacial score (nSPS) is 37.4. The molecule has 2 N–H and O–H groups in total. The van der Waals surface area contributed by atoms with Crippen LogP contribution in [0.1, 0.15) is 40.5 Å². The van der Waals surface area contributed by atoms with Crippen molar-refractivity contribution in [2.45, 2.75) is 89.2 Å². The van der Waals surface area contributed by atoms with E-state index in [2.05, 4.69) is 10.6 Å². The summed E-state index contributed by atoms with van der Waals surface area (Å²) in [7, 11) is 3.18. The molecule has 10 nitrogen and oxygen atoms in total. The van der Waals surface area contributed by atoms with Crippen molar-refractivity contribution in [3.63, 3.8) is 0 Å². The van der Waals surface area contributed by atoms with Gasteiger partial charge in [0.2, 0.25) is 6.79 Å². The minimum atomic E-state index is -0.715. The number of rotatable bonds is 6. The van der Waals surface area contributed by atoms with Gasteiger partial charge in [-0.1, -0.05) is 0 Å². The average molecular weight is 418 g/mol. The van der Waals surface area contributed by atoms with Gasteiger partial charge in [0.1, 0.15) is 0 Å². The van der Waals surface area contributed by atoms with Gasteiger partial charge < -0.3 is 39.1 Å². The molecular weight excluding hydrogens is 384 g/mol. The van der Waals surface area contributed by atoms with Gasteiger partial charge in [0.25, 0.3) is 0 Å². The van der Waals surface area contributed by atoms with E-state index in [1.54, 1.807) is 14.2 Å². The van der Waals surface area contributed by atoms with E-state index in [9.17, 15) is 9.59 Å². The van der Waals surface area contributed by atoms with E-state index >= 15 is 0 Å². The SMILES string of the molecule is CO[C@H]1C[C@H](C)O[C@@H](C)[C@H]1NC(=O)OCOC(=O)N[C@@H]1[C@H](C)O[C@@H](C)C[C@@H]1OC. The molecule has 10 heteroatoms. The summed E-state index contributed by atoms with van der Waals surface area (Å²) < 4.78 is 32.3. The maximum atomic E-state index is 12.1. The molecule has 2 amide bonds. The zero-order chi connectivity index (χ0) is 21.6. The molecule has 0 saturated carbocycles. The van der Waals surface area contributed by atoms with Crippen LogP contribution in [-0.2, 0) is 28.4 Å². The number of nitrogens with one attached hydrogen (secondary N) is 2. The second-order valence-corrected chi connectivity index (χ2v) is 7.65. The van der Waals surface area contributed by atoms with Crippen LogP contribution in [0.4, 0.5) is 9.59 Å². The highest BCUT2D eigenvalue weighted by Crippen LogP contribution is 2.23. The Balaban J connectivity index is 1.74. The van der Waals surface area contributed by atoms with Gasteiger partial charge in [-0.05, 0) is 27.7 Å². The van der Waals surface area contributed by atoms with Crippen molar-refractivity contribution < 1.29 is 38.0 Å². The molecule has 168 valence electrons. The first-order valence-electron chi connectivity index (χ1n) is 9.98. The van der Waals surface area contributed by atoms with E-state index in [0.29, 0.717) is 12.8 Å². The highest BCUT2D eigenvalue weighted by atomic mass is 16.7. The van der Waals surface area contributed by atoms with Gasteiger partial charge in [-0.3, -0.25) is 0 Å². The van der Waals surface area contributed by atoms with Crippen LogP contribution >= 0.6 is 0 Å². The summed E-state index contributed by atoms with van der Waals surface area (Å²) in [5, 5.41) is 5.42. The number of methoxy groups -OCH3 is 2. The summed E-state index contributed by atoms with van der Waals surface area (Å²) in [5.74, 6) is 0. The van der Waals surface area contributed by atoms with Crippen molar-refractivity contribution in [1.82, 2.24) is 10.6 Å². The van der Waals surface area contributed by atoms with Crippen molar-refractivity contribution in [1.29, 1.82) is 0 Å². The number of amides is 2. The summed E-state index contributed by atoms with van der Waals surface area (Å²) >= 11 is 0. The highest BCUT2D eigenvalue weighted by molar-refractivity contribution is 5.69. The Hall–Kier alpha value is -1.62. The number of carbonyl (C=O) groups excluding carboxylic acids is 2. The van der Waals surface area contributed by atoms with Crippen molar-refractivity contribution in [2.75, 3.05) is 21.0 Å². The average Bonchev–Trinajstić information content (AvgIpc) is 2.65. The Morgan fingerprint density at radius 1 is 0.793 bits per heavy atom. The number of carbonyl (C=O) groups is 2. The van der Waals surface area contributed by atoms with Gasteiger partial charge in [-0.15, -0.1) is 0 Å². The smallest absolute Gasteiger partial charge is 0.410 e. The fourth-order valence-corrected chi connectivity index (χ4v) is 3.96. The summed E-state index contributed by atoms with van der Waals surface area (Å²) in [5.41, 5.74) is 0. The molecule has 0 bridgehead atoms. The van der Waals surface area contributed by atoms with E-state index in [-0.39, 0.29) is 48.7 Å². The van der Waals surface area contributed by atoms with Crippen molar-refractivity contribution in [3.8, 4) is 0 Å². The molecule has 2 saturated heterocycles. The molecular formula is C19H34N2O8. The lowest BCUT2D eigenvalue weighted by Gasteiger charge is -2.39. The molecule has 8 atom stereocenters. The van der Waals surface area contributed by atoms with Crippen LogP contribution in [0.3, 0.4) is 0 Å². The fourth-order valence-electron chi connectivity index (χ4n) is 3.96. The van der Waals surface area contributed by atoms with Crippen molar-refractivity contribution >= 4 is 12.2 Å². The zero-order valence-electron chi connectivity index (χ0n) is 18.0. The summed E-state index contributed by atoms with van der Waals surface area (Å²) in [6, 6.07) is -0.718. The maximum Gasteiger partial charge on any atom is 0.410 e. The largest absolute Gasteiger partial charge is 0.412 e. The van der Waals surface area contributed by atoms with E-state index in [0.717, 1.165) is 0 Å². The monoisotopic (exact) mass is 418 g/mol. The standard InChI is InChI=1S/C19H34N2O8/c1-10-7-14(24-5)16(12(3)28-10)20-18(22)26-9-27-19(23)21-17-13(4)29-11(2)8-15(17)25-6/h10-17H,7-9H2,1-6H3,(H,20,22)(H,21,23)/t10-,11-,12-,13-,14-,15-,16+,17+/m0/s1. The molecule has 29 heavy (non-hydrogen) atoms. The van der Waals surface area contributed by atoms with Crippen molar-refractivity contribution in [3.05, 3.63) is 0 Å². The van der Waals surface area contributed by atoms with Crippen LogP contribution in [0.2, 0.25) is 0 Å². The lowest BCUT2D eigenvalue weighted by atomic mass is 9.97. The third-order valence-corrected chi connectivity index (χ3v) is 5.39. The van der Waals surface area contributed by atoms with Gasteiger partial charge >= 0.3 is 12.2 Å². The van der Waals surface area contributed by atoms with E-state index in [1.807, 2.05) is 27.7 Å². The van der Waals surface area contributed by atoms with E-state index < -0.39 is 19.0 Å². The predicted molar refractivity (Wildman–Crippen MR) is 103 cm³/mol. The molecule has 2 aliphatic rings. The number of alkyl carbamates (subject to hydrolysis) is 2. The Morgan fingerprint density at radius 3 is 1.52 bits per heavy atom.